The second kappa shape index (κ2) is 8.68. The van der Waals surface area contributed by atoms with Crippen LogP contribution in [0.15, 0.2) is 0 Å². The topological polar surface area (TPSA) is 62.5 Å². The summed E-state index contributed by atoms with van der Waals surface area (Å²) >= 11 is 0. The van der Waals surface area contributed by atoms with Gasteiger partial charge in [0.15, 0.2) is 0 Å². The van der Waals surface area contributed by atoms with Crippen LogP contribution in [0, 0.1) is 11.3 Å². The van der Waals surface area contributed by atoms with Crippen LogP contribution >= 0.6 is 0 Å². The van der Waals surface area contributed by atoms with Crippen LogP contribution in [0.2, 0.25) is 6.55 Å². The minimum Gasteiger partial charge on any atom is -0.413 e. The molecule has 0 saturated carbocycles. The monoisotopic (exact) mass is 189 g/mol. The lowest BCUT2D eigenvalue weighted by Crippen LogP contribution is -2.14. The van der Waals surface area contributed by atoms with Crippen molar-refractivity contribution in [3.8, 4) is 6.07 Å². The van der Waals surface area contributed by atoms with Crippen LogP contribution in [0.4, 0.5) is 0 Å². The van der Waals surface area contributed by atoms with Gasteiger partial charge in [-0.05, 0) is 13.0 Å². The highest BCUT2D eigenvalue weighted by Gasteiger charge is 1.96. The molecule has 1 N–H and O–H groups in total. The Hall–Kier alpha value is -0.413. The first-order valence-corrected chi connectivity index (χ1v) is 6.16. The average molecular weight is 189 g/mol. The molecular formula is C7H15NO3Si. The zero-order valence-electron chi connectivity index (χ0n) is 7.32. The predicted molar refractivity (Wildman–Crippen MR) is 46.8 cm³/mol. The summed E-state index contributed by atoms with van der Waals surface area (Å²) in [5.41, 5.74) is 0. The fraction of sp³-hybridized carbons (Fsp3) is 0.857. The van der Waals surface area contributed by atoms with Gasteiger partial charge in [0.2, 0.25) is 0 Å². The van der Waals surface area contributed by atoms with E-state index in [-0.39, 0.29) is 0 Å². The van der Waals surface area contributed by atoms with Gasteiger partial charge in [-0.25, -0.2) is 0 Å². The fourth-order valence-electron chi connectivity index (χ4n) is 0.635. The van der Waals surface area contributed by atoms with Gasteiger partial charge in [0.05, 0.1) is 19.1 Å². The predicted octanol–water partition coefficient (Wildman–Crippen LogP) is 0.166. The first-order chi connectivity index (χ1) is 5.77. The van der Waals surface area contributed by atoms with Gasteiger partial charge in [-0.1, -0.05) is 0 Å². The van der Waals surface area contributed by atoms with Gasteiger partial charge in [0, 0.05) is 13.2 Å². The van der Waals surface area contributed by atoms with Crippen molar-refractivity contribution in [2.75, 3.05) is 19.8 Å². The molecule has 0 radical (unpaired) electrons. The standard InChI is InChI=1S/C7H15NO3Si/c1-12(9)11-7-3-6-10-5-2-4-8/h9,12H,2-3,5-7H2,1H3. The third-order valence-corrected chi connectivity index (χ3v) is 1.87. The molecule has 0 bridgehead atoms. The molecule has 0 rings (SSSR count). The summed E-state index contributed by atoms with van der Waals surface area (Å²) in [6.07, 6.45) is 1.22. The van der Waals surface area contributed by atoms with Gasteiger partial charge in [-0.15, -0.1) is 0 Å². The lowest BCUT2D eigenvalue weighted by atomic mass is 10.5. The van der Waals surface area contributed by atoms with Crippen molar-refractivity contribution in [1.29, 1.82) is 5.26 Å². The molecule has 0 aromatic carbocycles. The van der Waals surface area contributed by atoms with E-state index in [1.54, 1.807) is 6.55 Å². The zero-order valence-corrected chi connectivity index (χ0v) is 8.48. The molecule has 4 nitrogen and oxygen atoms in total. The highest BCUT2D eigenvalue weighted by atomic mass is 28.3. The molecule has 0 aromatic heterocycles. The molecule has 12 heavy (non-hydrogen) atoms. The number of hydrogen-bond acceptors (Lipinski definition) is 4. The third-order valence-electron chi connectivity index (χ3n) is 1.15. The molecule has 0 aromatic rings. The SMILES string of the molecule is C[SiH](O)OCCCOCCC#N. The Balaban J connectivity index is 2.87. The summed E-state index contributed by atoms with van der Waals surface area (Å²) in [7, 11) is -1.84. The summed E-state index contributed by atoms with van der Waals surface area (Å²) in [6, 6.07) is 1.99. The first kappa shape index (κ1) is 11.6. The van der Waals surface area contributed by atoms with E-state index in [1.165, 1.54) is 0 Å². The van der Waals surface area contributed by atoms with Crippen molar-refractivity contribution < 1.29 is 14.0 Å². The number of nitriles is 1. The average Bonchev–Trinajstić information content (AvgIpc) is 2.02. The largest absolute Gasteiger partial charge is 0.413 e. The smallest absolute Gasteiger partial charge is 0.315 e. The summed E-state index contributed by atoms with van der Waals surface area (Å²) in [5, 5.41) is 8.16. The number of hydrogen-bond donors (Lipinski definition) is 1. The van der Waals surface area contributed by atoms with E-state index in [9.17, 15) is 0 Å². The third kappa shape index (κ3) is 9.59. The second-order valence-corrected chi connectivity index (χ2v) is 3.88. The quantitative estimate of drug-likeness (QED) is 0.458. The van der Waals surface area contributed by atoms with E-state index in [4.69, 9.17) is 19.2 Å². The first-order valence-electron chi connectivity index (χ1n) is 4.01. The molecule has 0 aliphatic heterocycles. The maximum absolute atomic E-state index is 8.83. The van der Waals surface area contributed by atoms with Gasteiger partial charge in [0.1, 0.15) is 0 Å². The Morgan fingerprint density at radius 3 is 2.75 bits per heavy atom. The number of rotatable bonds is 7. The molecule has 0 fully saturated rings. The van der Waals surface area contributed by atoms with Gasteiger partial charge < -0.3 is 14.0 Å². The second-order valence-electron chi connectivity index (χ2n) is 2.34. The van der Waals surface area contributed by atoms with Crippen molar-refractivity contribution in [2.45, 2.75) is 19.4 Å². The Labute approximate surface area is 74.6 Å². The fourth-order valence-corrected chi connectivity index (χ4v) is 1.14. The molecule has 5 heteroatoms. The van der Waals surface area contributed by atoms with Crippen LogP contribution < -0.4 is 0 Å². The van der Waals surface area contributed by atoms with E-state index in [1.807, 2.05) is 6.07 Å². The molecule has 0 amide bonds. The summed E-state index contributed by atoms with van der Waals surface area (Å²) in [5.74, 6) is 0. The van der Waals surface area contributed by atoms with Crippen molar-refractivity contribution in [3.05, 3.63) is 0 Å². The van der Waals surface area contributed by atoms with E-state index in [2.05, 4.69) is 0 Å². The van der Waals surface area contributed by atoms with Crippen LogP contribution in [0.25, 0.3) is 0 Å². The van der Waals surface area contributed by atoms with Crippen LogP contribution in [0.1, 0.15) is 12.8 Å². The molecule has 0 aliphatic carbocycles. The Bertz CT molecular complexity index is 135. The molecule has 0 saturated heterocycles. The van der Waals surface area contributed by atoms with E-state index in [0.29, 0.717) is 26.2 Å². The van der Waals surface area contributed by atoms with Crippen LogP contribution in [-0.2, 0) is 9.16 Å². The zero-order chi connectivity index (χ0) is 9.23. The van der Waals surface area contributed by atoms with Crippen molar-refractivity contribution in [1.82, 2.24) is 0 Å². The molecule has 0 spiro atoms. The Kier molecular flexibility index (Phi) is 8.38. The Morgan fingerprint density at radius 2 is 2.17 bits per heavy atom. The molecule has 1 atom stereocenters. The van der Waals surface area contributed by atoms with E-state index in [0.717, 1.165) is 6.42 Å². The maximum Gasteiger partial charge on any atom is 0.315 e. The molecular weight excluding hydrogens is 174 g/mol. The van der Waals surface area contributed by atoms with E-state index >= 15 is 0 Å². The van der Waals surface area contributed by atoms with E-state index < -0.39 is 9.28 Å². The molecule has 0 aliphatic rings. The molecule has 0 heterocycles. The lowest BCUT2D eigenvalue weighted by molar-refractivity contribution is 0.120. The van der Waals surface area contributed by atoms with Crippen LogP contribution in [0.5, 0.6) is 0 Å². The van der Waals surface area contributed by atoms with Gasteiger partial charge in [0.25, 0.3) is 0 Å². The highest BCUT2D eigenvalue weighted by Crippen LogP contribution is 1.88. The maximum atomic E-state index is 8.83. The summed E-state index contributed by atoms with van der Waals surface area (Å²) in [6.45, 7) is 3.35. The van der Waals surface area contributed by atoms with Gasteiger partial charge >= 0.3 is 9.28 Å². The van der Waals surface area contributed by atoms with Crippen molar-refractivity contribution in [3.63, 3.8) is 0 Å². The molecule has 1 unspecified atom stereocenters. The van der Waals surface area contributed by atoms with Gasteiger partial charge in [-0.2, -0.15) is 5.26 Å². The normalized spacial score (nSPS) is 12.4. The minimum atomic E-state index is -1.84. The van der Waals surface area contributed by atoms with Crippen molar-refractivity contribution in [2.24, 2.45) is 0 Å². The highest BCUT2D eigenvalue weighted by molar-refractivity contribution is 6.40. The minimum absolute atomic E-state index is 0.437. The summed E-state index contributed by atoms with van der Waals surface area (Å²) in [4.78, 5) is 8.83. The lowest BCUT2D eigenvalue weighted by Gasteiger charge is -2.04. The summed E-state index contributed by atoms with van der Waals surface area (Å²) < 4.78 is 10.1. The number of ether oxygens (including phenoxy) is 1. The van der Waals surface area contributed by atoms with Crippen LogP contribution in [-0.4, -0.2) is 33.9 Å². The Morgan fingerprint density at radius 1 is 1.42 bits per heavy atom. The number of nitrogens with zero attached hydrogens (tertiary/aromatic N) is 1. The van der Waals surface area contributed by atoms with Crippen molar-refractivity contribution >= 4 is 9.28 Å². The van der Waals surface area contributed by atoms with Crippen LogP contribution in [0.3, 0.4) is 0 Å². The molecule has 70 valence electrons. The van der Waals surface area contributed by atoms with Gasteiger partial charge in [-0.3, -0.25) is 0 Å².